The average Bonchev–Trinajstić information content (AvgIpc) is 2.73. The Kier molecular flexibility index (Phi) is 7.78. The molecule has 0 unspecified atom stereocenters. The first kappa shape index (κ1) is 21.0. The van der Waals surface area contributed by atoms with Crippen LogP contribution < -0.4 is 20.0 Å². The third-order valence-electron chi connectivity index (χ3n) is 5.26. The number of hydrazone groups is 1. The molecule has 1 heterocycles. The fraction of sp³-hybridized carbons (Fsp3) is 0.391. The lowest BCUT2D eigenvalue weighted by atomic mass is 10.1. The molecule has 2 aromatic carbocycles. The number of piperazine rings is 1. The Labute approximate surface area is 173 Å². The van der Waals surface area contributed by atoms with Crippen LogP contribution in [0.4, 0.5) is 0 Å². The number of nitrogens with one attached hydrogen (secondary N) is 3. The Morgan fingerprint density at radius 3 is 2.48 bits per heavy atom. The molecule has 1 fully saturated rings. The lowest BCUT2D eigenvalue weighted by molar-refractivity contribution is -1.02. The molecular formula is C23H32N4O2+2. The largest absolute Gasteiger partial charge is 0.493 e. The van der Waals surface area contributed by atoms with Crippen molar-refractivity contribution in [2.24, 2.45) is 5.10 Å². The van der Waals surface area contributed by atoms with E-state index in [1.54, 1.807) is 11.1 Å². The number of ether oxygens (including phenoxy) is 1. The summed E-state index contributed by atoms with van der Waals surface area (Å²) in [6.07, 6.45) is 1.64. The smallest absolute Gasteiger partial charge is 0.295 e. The zero-order chi connectivity index (χ0) is 20.5. The standard InChI is InChI=1S/C23H30N4O2/c1-3-29-22-7-5-4-6-21(22)16-24-25-23(28)18-27-14-12-26(13-15-27)17-20-10-8-19(2)9-11-20/h4-11,16H,3,12-15,17-18H2,1-2H3,(H,25,28)/p+2/b24-16-. The molecule has 29 heavy (non-hydrogen) atoms. The van der Waals surface area contributed by atoms with Gasteiger partial charge in [0.2, 0.25) is 0 Å². The Morgan fingerprint density at radius 1 is 1.07 bits per heavy atom. The average molecular weight is 397 g/mol. The van der Waals surface area contributed by atoms with Gasteiger partial charge in [-0.25, -0.2) is 5.43 Å². The number of amides is 1. The van der Waals surface area contributed by atoms with Gasteiger partial charge < -0.3 is 14.5 Å². The number of para-hydroxylation sites is 1. The molecule has 154 valence electrons. The number of rotatable bonds is 8. The Hall–Kier alpha value is -2.70. The van der Waals surface area contributed by atoms with Crippen LogP contribution in [0.15, 0.2) is 53.6 Å². The summed E-state index contributed by atoms with van der Waals surface area (Å²) in [5.41, 5.74) is 6.19. The van der Waals surface area contributed by atoms with Crippen molar-refractivity contribution in [2.45, 2.75) is 20.4 Å². The van der Waals surface area contributed by atoms with E-state index in [0.29, 0.717) is 13.2 Å². The van der Waals surface area contributed by atoms with Gasteiger partial charge in [-0.15, -0.1) is 0 Å². The second-order valence-corrected chi connectivity index (χ2v) is 7.60. The molecule has 0 saturated carbocycles. The summed E-state index contributed by atoms with van der Waals surface area (Å²) in [5, 5.41) is 4.10. The molecule has 6 heteroatoms. The number of quaternary nitrogens is 2. The van der Waals surface area contributed by atoms with E-state index in [9.17, 15) is 4.79 Å². The summed E-state index contributed by atoms with van der Waals surface area (Å²) in [5.74, 6) is 0.721. The van der Waals surface area contributed by atoms with Crippen LogP contribution in [-0.4, -0.2) is 51.5 Å². The second-order valence-electron chi connectivity index (χ2n) is 7.60. The van der Waals surface area contributed by atoms with Crippen molar-refractivity contribution in [3.05, 3.63) is 65.2 Å². The van der Waals surface area contributed by atoms with Gasteiger partial charge in [0.05, 0.1) is 12.8 Å². The minimum atomic E-state index is -0.0490. The number of hydrogen-bond acceptors (Lipinski definition) is 3. The number of benzene rings is 2. The Bertz CT molecular complexity index is 812. The summed E-state index contributed by atoms with van der Waals surface area (Å²) in [7, 11) is 0. The predicted octanol–water partition coefficient (Wildman–Crippen LogP) is -0.173. The van der Waals surface area contributed by atoms with E-state index in [-0.39, 0.29) is 5.91 Å². The molecule has 1 saturated heterocycles. The van der Waals surface area contributed by atoms with Crippen LogP contribution in [0.5, 0.6) is 5.75 Å². The maximum Gasteiger partial charge on any atom is 0.295 e. The van der Waals surface area contributed by atoms with Crippen molar-refractivity contribution < 1.29 is 19.3 Å². The van der Waals surface area contributed by atoms with Crippen LogP contribution in [-0.2, 0) is 11.3 Å². The SMILES string of the molecule is CCOc1ccccc1/C=N\NC(=O)C[NH+]1CC[NH+](Cc2ccc(C)cc2)CC1. The maximum atomic E-state index is 12.2. The van der Waals surface area contributed by atoms with Gasteiger partial charge in [0, 0.05) is 11.1 Å². The van der Waals surface area contributed by atoms with Gasteiger partial charge in [-0.1, -0.05) is 42.0 Å². The summed E-state index contributed by atoms with van der Waals surface area (Å²) in [4.78, 5) is 15.1. The Morgan fingerprint density at radius 2 is 1.76 bits per heavy atom. The number of nitrogens with zero attached hydrogens (tertiary/aromatic N) is 1. The second kappa shape index (κ2) is 10.7. The van der Waals surface area contributed by atoms with Gasteiger partial charge in [-0.3, -0.25) is 4.79 Å². The van der Waals surface area contributed by atoms with Crippen LogP contribution in [0.3, 0.4) is 0 Å². The lowest BCUT2D eigenvalue weighted by Gasteiger charge is -2.29. The van der Waals surface area contributed by atoms with Crippen LogP contribution in [0, 0.1) is 6.92 Å². The summed E-state index contributed by atoms with van der Waals surface area (Å²) < 4.78 is 5.56. The van der Waals surface area contributed by atoms with E-state index in [1.165, 1.54) is 16.0 Å². The molecule has 0 aliphatic carbocycles. The van der Waals surface area contributed by atoms with Crippen LogP contribution in [0.25, 0.3) is 0 Å². The topological polar surface area (TPSA) is 59.6 Å². The van der Waals surface area contributed by atoms with E-state index >= 15 is 0 Å². The number of hydrogen-bond donors (Lipinski definition) is 3. The molecule has 0 bridgehead atoms. The number of carbonyl (C=O) groups excluding carboxylic acids is 1. The van der Waals surface area contributed by atoms with Crippen molar-refractivity contribution in [3.63, 3.8) is 0 Å². The van der Waals surface area contributed by atoms with Gasteiger partial charge in [0.15, 0.2) is 6.54 Å². The van der Waals surface area contributed by atoms with E-state index in [2.05, 4.69) is 41.7 Å². The third kappa shape index (κ3) is 6.69. The number of carbonyl (C=O) groups is 1. The Balaban J connectivity index is 1.40. The first-order chi connectivity index (χ1) is 14.1. The van der Waals surface area contributed by atoms with Crippen LogP contribution in [0.1, 0.15) is 23.6 Å². The van der Waals surface area contributed by atoms with Crippen molar-refractivity contribution in [3.8, 4) is 5.75 Å². The zero-order valence-electron chi connectivity index (χ0n) is 17.4. The maximum absolute atomic E-state index is 12.2. The van der Waals surface area contributed by atoms with Gasteiger partial charge in [0.1, 0.15) is 38.5 Å². The molecule has 1 aliphatic heterocycles. The van der Waals surface area contributed by atoms with Crippen molar-refractivity contribution in [1.82, 2.24) is 5.43 Å². The van der Waals surface area contributed by atoms with E-state index in [0.717, 1.165) is 44.0 Å². The molecule has 0 radical (unpaired) electrons. The van der Waals surface area contributed by atoms with Crippen molar-refractivity contribution in [2.75, 3.05) is 39.3 Å². The van der Waals surface area contributed by atoms with Crippen LogP contribution >= 0.6 is 0 Å². The summed E-state index contributed by atoms with van der Waals surface area (Å²) >= 11 is 0. The third-order valence-corrected chi connectivity index (χ3v) is 5.26. The number of aryl methyl sites for hydroxylation is 1. The van der Waals surface area contributed by atoms with Crippen molar-refractivity contribution >= 4 is 12.1 Å². The fourth-order valence-corrected chi connectivity index (χ4v) is 3.62. The molecular weight excluding hydrogens is 364 g/mol. The van der Waals surface area contributed by atoms with Gasteiger partial charge >= 0.3 is 0 Å². The monoisotopic (exact) mass is 396 g/mol. The van der Waals surface area contributed by atoms with Crippen LogP contribution in [0.2, 0.25) is 0 Å². The fourth-order valence-electron chi connectivity index (χ4n) is 3.62. The minimum Gasteiger partial charge on any atom is -0.493 e. The van der Waals surface area contributed by atoms with E-state index < -0.39 is 0 Å². The molecule has 1 aliphatic rings. The highest BCUT2D eigenvalue weighted by Gasteiger charge is 2.24. The van der Waals surface area contributed by atoms with E-state index in [1.807, 2.05) is 31.2 Å². The van der Waals surface area contributed by atoms with Gasteiger partial charge in [-0.05, 0) is 26.0 Å². The predicted molar refractivity (Wildman–Crippen MR) is 114 cm³/mol. The highest BCUT2D eigenvalue weighted by Crippen LogP contribution is 2.15. The molecule has 0 spiro atoms. The minimum absolute atomic E-state index is 0.0490. The molecule has 1 amide bonds. The van der Waals surface area contributed by atoms with Crippen molar-refractivity contribution in [1.29, 1.82) is 0 Å². The highest BCUT2D eigenvalue weighted by molar-refractivity contribution is 5.85. The molecule has 6 nitrogen and oxygen atoms in total. The molecule has 0 atom stereocenters. The molecule has 0 aromatic heterocycles. The first-order valence-corrected chi connectivity index (χ1v) is 10.4. The zero-order valence-corrected chi connectivity index (χ0v) is 17.4. The molecule has 3 rings (SSSR count). The van der Waals surface area contributed by atoms with Gasteiger partial charge in [0.25, 0.3) is 5.91 Å². The molecule has 3 N–H and O–H groups in total. The van der Waals surface area contributed by atoms with E-state index in [4.69, 9.17) is 4.74 Å². The summed E-state index contributed by atoms with van der Waals surface area (Å²) in [6, 6.07) is 16.4. The highest BCUT2D eigenvalue weighted by atomic mass is 16.5. The lowest BCUT2D eigenvalue weighted by Crippen LogP contribution is -3.28. The quantitative estimate of drug-likeness (QED) is 0.429. The van der Waals surface area contributed by atoms with Gasteiger partial charge in [-0.2, -0.15) is 5.10 Å². The first-order valence-electron chi connectivity index (χ1n) is 10.4. The summed E-state index contributed by atoms with van der Waals surface area (Å²) in [6.45, 7) is 10.4. The molecule has 2 aromatic rings. The normalized spacial score (nSPS) is 19.2.